The summed E-state index contributed by atoms with van der Waals surface area (Å²) in [6.45, 7) is 5.98. The van der Waals surface area contributed by atoms with Crippen LogP contribution in [0.4, 0.5) is 0 Å². The van der Waals surface area contributed by atoms with E-state index in [4.69, 9.17) is 5.26 Å². The molecule has 0 aliphatic carbocycles. The van der Waals surface area contributed by atoms with Crippen LogP contribution in [-0.4, -0.2) is 35.2 Å². The second-order valence-corrected chi connectivity index (χ2v) is 3.78. The van der Waals surface area contributed by atoms with Gasteiger partial charge in [-0.2, -0.15) is 5.26 Å². The summed E-state index contributed by atoms with van der Waals surface area (Å²) in [5.41, 5.74) is -0.723. The average molecular weight is 170 g/mol. The van der Waals surface area contributed by atoms with Crippen molar-refractivity contribution in [2.75, 3.05) is 13.6 Å². The quantitative estimate of drug-likeness (QED) is 0.684. The summed E-state index contributed by atoms with van der Waals surface area (Å²) < 4.78 is 0. The number of aliphatic hydroxyl groups is 1. The molecule has 3 heteroatoms. The minimum Gasteiger partial charge on any atom is -0.389 e. The maximum Gasteiger partial charge on any atom is 0.0973 e. The average Bonchev–Trinajstić information content (AvgIpc) is 1.85. The topological polar surface area (TPSA) is 47.3 Å². The number of nitrogens with zero attached hydrogens (tertiary/aromatic N) is 2. The molecule has 0 radical (unpaired) electrons. The van der Waals surface area contributed by atoms with Crippen LogP contribution in [0, 0.1) is 11.3 Å². The van der Waals surface area contributed by atoms with Crippen molar-refractivity contribution in [3.05, 3.63) is 0 Å². The zero-order chi connectivity index (χ0) is 9.78. The SMILES string of the molecule is CCC(C#N)N(C)CC(C)(C)O. The van der Waals surface area contributed by atoms with E-state index in [9.17, 15) is 5.11 Å². The van der Waals surface area contributed by atoms with Crippen LogP contribution >= 0.6 is 0 Å². The van der Waals surface area contributed by atoms with Gasteiger partial charge in [-0.05, 0) is 27.3 Å². The smallest absolute Gasteiger partial charge is 0.0973 e. The van der Waals surface area contributed by atoms with E-state index in [1.54, 1.807) is 13.8 Å². The van der Waals surface area contributed by atoms with Crippen LogP contribution in [0.5, 0.6) is 0 Å². The van der Waals surface area contributed by atoms with E-state index in [1.807, 2.05) is 18.9 Å². The molecule has 0 saturated heterocycles. The lowest BCUT2D eigenvalue weighted by Gasteiger charge is -2.28. The molecule has 0 amide bonds. The van der Waals surface area contributed by atoms with Crippen LogP contribution < -0.4 is 0 Å². The molecule has 0 rings (SSSR count). The Morgan fingerprint density at radius 1 is 1.58 bits per heavy atom. The summed E-state index contributed by atoms with van der Waals surface area (Å²) in [4.78, 5) is 1.88. The minimum atomic E-state index is -0.723. The zero-order valence-corrected chi connectivity index (χ0v) is 8.33. The fourth-order valence-corrected chi connectivity index (χ4v) is 1.22. The molecule has 0 bridgehead atoms. The van der Waals surface area contributed by atoms with Crippen molar-refractivity contribution in [1.82, 2.24) is 4.90 Å². The van der Waals surface area contributed by atoms with E-state index in [1.165, 1.54) is 0 Å². The molecule has 0 fully saturated rings. The Morgan fingerprint density at radius 2 is 2.08 bits per heavy atom. The van der Waals surface area contributed by atoms with Crippen LogP contribution in [0.25, 0.3) is 0 Å². The molecule has 0 aromatic rings. The molecule has 12 heavy (non-hydrogen) atoms. The first-order chi connectivity index (χ1) is 5.40. The van der Waals surface area contributed by atoms with Gasteiger partial charge in [0.1, 0.15) is 0 Å². The van der Waals surface area contributed by atoms with Crippen molar-refractivity contribution < 1.29 is 5.11 Å². The summed E-state index contributed by atoms with van der Waals surface area (Å²) in [5.74, 6) is 0. The molecule has 1 N–H and O–H groups in total. The van der Waals surface area contributed by atoms with Gasteiger partial charge in [0, 0.05) is 6.54 Å². The highest BCUT2D eigenvalue weighted by atomic mass is 16.3. The Balaban J connectivity index is 4.04. The van der Waals surface area contributed by atoms with Gasteiger partial charge >= 0.3 is 0 Å². The minimum absolute atomic E-state index is 0.0866. The second kappa shape index (κ2) is 4.44. The van der Waals surface area contributed by atoms with Crippen molar-refractivity contribution in [2.24, 2.45) is 0 Å². The summed E-state index contributed by atoms with van der Waals surface area (Å²) in [6, 6.07) is 2.10. The molecule has 0 aromatic carbocycles. The van der Waals surface area contributed by atoms with E-state index in [2.05, 4.69) is 6.07 Å². The number of nitriles is 1. The third-order valence-electron chi connectivity index (χ3n) is 1.70. The predicted octanol–water partition coefficient (Wildman–Crippen LogP) is 0.991. The van der Waals surface area contributed by atoms with Crippen molar-refractivity contribution in [1.29, 1.82) is 5.26 Å². The predicted molar refractivity (Wildman–Crippen MR) is 48.6 cm³/mol. The molecule has 0 aromatic heterocycles. The Morgan fingerprint density at radius 3 is 2.33 bits per heavy atom. The molecule has 1 atom stereocenters. The first kappa shape index (κ1) is 11.4. The number of hydrogen-bond acceptors (Lipinski definition) is 3. The number of rotatable bonds is 4. The van der Waals surface area contributed by atoms with Crippen LogP contribution in [0.2, 0.25) is 0 Å². The van der Waals surface area contributed by atoms with Crippen molar-refractivity contribution in [3.63, 3.8) is 0 Å². The molecule has 0 saturated carbocycles. The van der Waals surface area contributed by atoms with Gasteiger partial charge in [-0.1, -0.05) is 6.92 Å². The summed E-state index contributed by atoms with van der Waals surface area (Å²) in [6.07, 6.45) is 0.795. The van der Waals surface area contributed by atoms with Gasteiger partial charge in [0.25, 0.3) is 0 Å². The van der Waals surface area contributed by atoms with Gasteiger partial charge in [-0.3, -0.25) is 4.90 Å². The maximum absolute atomic E-state index is 9.48. The van der Waals surface area contributed by atoms with Gasteiger partial charge in [-0.15, -0.1) is 0 Å². The molecule has 1 unspecified atom stereocenters. The van der Waals surface area contributed by atoms with Crippen LogP contribution in [0.1, 0.15) is 27.2 Å². The fourth-order valence-electron chi connectivity index (χ4n) is 1.22. The summed E-state index contributed by atoms with van der Waals surface area (Å²) in [5, 5.41) is 18.2. The van der Waals surface area contributed by atoms with Crippen molar-refractivity contribution in [3.8, 4) is 6.07 Å². The highest BCUT2D eigenvalue weighted by molar-refractivity contribution is 4.90. The molecular weight excluding hydrogens is 152 g/mol. The monoisotopic (exact) mass is 170 g/mol. The Bertz CT molecular complexity index is 166. The van der Waals surface area contributed by atoms with Crippen LogP contribution in [-0.2, 0) is 0 Å². The number of hydrogen-bond donors (Lipinski definition) is 1. The first-order valence-electron chi connectivity index (χ1n) is 4.23. The number of likely N-dealkylation sites (N-methyl/N-ethyl adjacent to an activating group) is 1. The molecule has 3 nitrogen and oxygen atoms in total. The van der Waals surface area contributed by atoms with Crippen LogP contribution in [0.15, 0.2) is 0 Å². The maximum atomic E-state index is 9.48. The molecule has 0 spiro atoms. The Kier molecular flexibility index (Phi) is 4.22. The summed E-state index contributed by atoms with van der Waals surface area (Å²) >= 11 is 0. The van der Waals surface area contributed by atoms with Crippen LogP contribution in [0.3, 0.4) is 0 Å². The lowest BCUT2D eigenvalue weighted by molar-refractivity contribution is 0.0375. The van der Waals surface area contributed by atoms with Crippen molar-refractivity contribution in [2.45, 2.75) is 38.8 Å². The lowest BCUT2D eigenvalue weighted by atomic mass is 10.1. The van der Waals surface area contributed by atoms with Gasteiger partial charge in [0.15, 0.2) is 0 Å². The van der Waals surface area contributed by atoms with Gasteiger partial charge in [0.05, 0.1) is 17.7 Å². The molecule has 0 heterocycles. The zero-order valence-electron chi connectivity index (χ0n) is 8.33. The Labute approximate surface area is 74.6 Å². The highest BCUT2D eigenvalue weighted by Crippen LogP contribution is 2.07. The summed E-state index contributed by atoms with van der Waals surface area (Å²) in [7, 11) is 1.86. The van der Waals surface area contributed by atoms with E-state index < -0.39 is 5.60 Å². The van der Waals surface area contributed by atoms with E-state index in [-0.39, 0.29) is 6.04 Å². The lowest BCUT2D eigenvalue weighted by Crippen LogP contribution is -2.41. The van der Waals surface area contributed by atoms with Gasteiger partial charge < -0.3 is 5.11 Å². The standard InChI is InChI=1S/C9H18N2O/c1-5-8(6-10)11(4)7-9(2,3)12/h8,12H,5,7H2,1-4H3. The third kappa shape index (κ3) is 4.32. The molecule has 70 valence electrons. The highest BCUT2D eigenvalue weighted by Gasteiger charge is 2.20. The fraction of sp³-hybridized carbons (Fsp3) is 0.889. The van der Waals surface area contributed by atoms with Gasteiger partial charge in [-0.25, -0.2) is 0 Å². The normalized spacial score (nSPS) is 14.4. The Hall–Kier alpha value is -0.590. The second-order valence-electron chi connectivity index (χ2n) is 3.78. The van der Waals surface area contributed by atoms with E-state index in [0.29, 0.717) is 6.54 Å². The van der Waals surface area contributed by atoms with E-state index >= 15 is 0 Å². The largest absolute Gasteiger partial charge is 0.389 e. The first-order valence-corrected chi connectivity index (χ1v) is 4.23. The van der Waals surface area contributed by atoms with E-state index in [0.717, 1.165) is 6.42 Å². The molecule has 0 aliphatic heterocycles. The molecular formula is C9H18N2O. The van der Waals surface area contributed by atoms with Gasteiger partial charge in [0.2, 0.25) is 0 Å². The van der Waals surface area contributed by atoms with Crippen molar-refractivity contribution >= 4 is 0 Å². The third-order valence-corrected chi connectivity index (χ3v) is 1.70. The molecule has 0 aliphatic rings.